The van der Waals surface area contributed by atoms with Crippen LogP contribution in [0.1, 0.15) is 19.3 Å². The Bertz CT molecular complexity index is 405. The van der Waals surface area contributed by atoms with Crippen LogP contribution >= 0.6 is 0 Å². The van der Waals surface area contributed by atoms with Crippen molar-refractivity contribution < 1.29 is 14.3 Å². The lowest BCUT2D eigenvalue weighted by molar-refractivity contribution is -0.138. The quantitative estimate of drug-likeness (QED) is 0.548. The number of ether oxygens (including phenoxy) is 1. The lowest BCUT2D eigenvalue weighted by Crippen LogP contribution is -2.51. The summed E-state index contributed by atoms with van der Waals surface area (Å²) in [4.78, 5) is 25.8. The van der Waals surface area contributed by atoms with E-state index in [1.165, 1.54) is 0 Å². The van der Waals surface area contributed by atoms with Gasteiger partial charge in [-0.25, -0.2) is 0 Å². The van der Waals surface area contributed by atoms with Crippen molar-refractivity contribution in [3.63, 3.8) is 0 Å². The molecule has 2 amide bonds. The number of methoxy groups -OCH3 is 1. The van der Waals surface area contributed by atoms with Crippen LogP contribution in [0.2, 0.25) is 25.7 Å². The first kappa shape index (κ1) is 18.9. The number of rotatable bonds is 8. The first-order chi connectivity index (χ1) is 10.3. The molecule has 6 heteroatoms. The van der Waals surface area contributed by atoms with Gasteiger partial charge in [0.25, 0.3) is 0 Å². The van der Waals surface area contributed by atoms with Gasteiger partial charge >= 0.3 is 0 Å². The average molecular weight is 327 g/mol. The van der Waals surface area contributed by atoms with Crippen LogP contribution in [0, 0.1) is 0 Å². The summed E-state index contributed by atoms with van der Waals surface area (Å²) in [6, 6.07) is 0.739. The summed E-state index contributed by atoms with van der Waals surface area (Å²) in [5, 5.41) is 2.80. The lowest BCUT2D eigenvalue weighted by atomic mass is 10.0. The summed E-state index contributed by atoms with van der Waals surface area (Å²) < 4.78 is 5.09. The molecule has 0 unspecified atom stereocenters. The highest BCUT2D eigenvalue weighted by Crippen LogP contribution is 2.12. The molecule has 22 heavy (non-hydrogen) atoms. The highest BCUT2D eigenvalue weighted by atomic mass is 28.3. The maximum absolute atomic E-state index is 12.6. The van der Waals surface area contributed by atoms with Crippen LogP contribution < -0.4 is 5.32 Å². The third-order valence-corrected chi connectivity index (χ3v) is 5.09. The van der Waals surface area contributed by atoms with Gasteiger partial charge in [-0.05, 0) is 18.9 Å². The second kappa shape index (κ2) is 9.10. The van der Waals surface area contributed by atoms with E-state index in [2.05, 4.69) is 37.1 Å². The van der Waals surface area contributed by atoms with Crippen molar-refractivity contribution in [3.8, 4) is 0 Å². The fourth-order valence-corrected chi connectivity index (χ4v) is 3.22. The second-order valence-corrected chi connectivity index (χ2v) is 12.6. The van der Waals surface area contributed by atoms with Crippen molar-refractivity contribution in [1.29, 1.82) is 0 Å². The topological polar surface area (TPSA) is 58.6 Å². The summed E-state index contributed by atoms with van der Waals surface area (Å²) in [7, 11) is 0.536. The van der Waals surface area contributed by atoms with Crippen LogP contribution in [-0.2, 0) is 14.3 Å². The van der Waals surface area contributed by atoms with Crippen molar-refractivity contribution in [2.75, 3.05) is 26.8 Å². The molecule has 1 saturated heterocycles. The summed E-state index contributed by atoms with van der Waals surface area (Å²) in [6.45, 7) is 8.61. The Hall–Kier alpha value is -1.14. The van der Waals surface area contributed by atoms with Crippen LogP contribution in [0.25, 0.3) is 0 Å². The SMILES string of the molecule is COCCN(C/C=C/C[Si](C)(C)C)C(=O)[C@@H]1CCCC(=O)N1. The number of hydrogen-bond acceptors (Lipinski definition) is 3. The number of allylic oxidation sites excluding steroid dienone is 1. The molecule has 0 spiro atoms. The molecule has 0 aromatic rings. The first-order valence-electron chi connectivity index (χ1n) is 8.05. The molecular formula is C16H30N2O3Si. The number of nitrogens with zero attached hydrogens (tertiary/aromatic N) is 1. The van der Waals surface area contributed by atoms with Crippen molar-refractivity contribution in [1.82, 2.24) is 10.2 Å². The Labute approximate surface area is 135 Å². The van der Waals surface area contributed by atoms with Crippen molar-refractivity contribution in [2.45, 2.75) is 51.0 Å². The van der Waals surface area contributed by atoms with Gasteiger partial charge in [0.05, 0.1) is 6.61 Å². The van der Waals surface area contributed by atoms with Crippen molar-refractivity contribution in [2.24, 2.45) is 0 Å². The van der Waals surface area contributed by atoms with E-state index >= 15 is 0 Å². The molecule has 1 N–H and O–H groups in total. The summed E-state index contributed by atoms with van der Waals surface area (Å²) in [6.07, 6.45) is 6.28. The Kier molecular flexibility index (Phi) is 7.82. The Morgan fingerprint density at radius 2 is 2.14 bits per heavy atom. The molecule has 0 aliphatic carbocycles. The molecule has 1 rings (SSSR count). The Balaban J connectivity index is 2.58. The molecule has 0 aromatic carbocycles. The van der Waals surface area contributed by atoms with Crippen LogP contribution in [0.15, 0.2) is 12.2 Å². The summed E-state index contributed by atoms with van der Waals surface area (Å²) in [5.41, 5.74) is 0. The minimum absolute atomic E-state index is 0.00255. The molecule has 0 radical (unpaired) electrons. The Morgan fingerprint density at radius 3 is 2.73 bits per heavy atom. The smallest absolute Gasteiger partial charge is 0.245 e. The van der Waals surface area contributed by atoms with Gasteiger partial charge in [-0.3, -0.25) is 9.59 Å². The van der Waals surface area contributed by atoms with Gasteiger partial charge in [0, 0.05) is 34.7 Å². The molecule has 1 atom stereocenters. The van der Waals surface area contributed by atoms with E-state index < -0.39 is 8.07 Å². The van der Waals surface area contributed by atoms with Crippen molar-refractivity contribution >= 4 is 19.9 Å². The second-order valence-electron chi connectivity index (χ2n) is 7.03. The number of hydrogen-bond donors (Lipinski definition) is 1. The molecule has 1 aliphatic rings. The molecule has 1 aliphatic heterocycles. The predicted octanol–water partition coefficient (Wildman–Crippen LogP) is 2.02. The highest BCUT2D eigenvalue weighted by molar-refractivity contribution is 6.76. The third-order valence-electron chi connectivity index (χ3n) is 3.63. The number of amides is 2. The van der Waals surface area contributed by atoms with Crippen LogP contribution in [0.5, 0.6) is 0 Å². The fourth-order valence-electron chi connectivity index (χ4n) is 2.34. The number of nitrogens with one attached hydrogen (secondary N) is 1. The van der Waals surface area contributed by atoms with Gasteiger partial charge in [0.1, 0.15) is 6.04 Å². The summed E-state index contributed by atoms with van der Waals surface area (Å²) >= 11 is 0. The van der Waals surface area contributed by atoms with Gasteiger partial charge < -0.3 is 15.0 Å². The minimum Gasteiger partial charge on any atom is -0.383 e. The number of carbonyl (C=O) groups excluding carboxylic acids is 2. The van der Waals surface area contributed by atoms with Gasteiger partial charge in [0.15, 0.2) is 0 Å². The van der Waals surface area contributed by atoms with Crippen LogP contribution in [-0.4, -0.2) is 57.6 Å². The molecule has 0 aromatic heterocycles. The number of piperidine rings is 1. The van der Waals surface area contributed by atoms with Gasteiger partial charge in [-0.2, -0.15) is 0 Å². The summed E-state index contributed by atoms with van der Waals surface area (Å²) in [5.74, 6) is -0.0201. The largest absolute Gasteiger partial charge is 0.383 e. The zero-order valence-electron chi connectivity index (χ0n) is 14.4. The molecule has 1 heterocycles. The fraction of sp³-hybridized carbons (Fsp3) is 0.750. The zero-order chi connectivity index (χ0) is 16.6. The molecule has 1 fully saturated rings. The minimum atomic E-state index is -1.10. The van der Waals surface area contributed by atoms with E-state index in [4.69, 9.17) is 4.74 Å². The van der Waals surface area contributed by atoms with Crippen molar-refractivity contribution in [3.05, 3.63) is 12.2 Å². The van der Waals surface area contributed by atoms with E-state index in [0.717, 1.165) is 18.9 Å². The van der Waals surface area contributed by atoms with Crippen LogP contribution in [0.4, 0.5) is 0 Å². The lowest BCUT2D eigenvalue weighted by Gasteiger charge is -2.29. The standard InChI is InChI=1S/C16H30N2O3Si/c1-21-12-11-18(10-5-6-13-22(2,3)4)16(20)14-8-7-9-15(19)17-14/h5-6,14H,7-13H2,1-4H3,(H,17,19)/b6-5+/t14-/m0/s1. The average Bonchev–Trinajstić information content (AvgIpc) is 2.45. The molecule has 126 valence electrons. The van der Waals surface area contributed by atoms with E-state index in [9.17, 15) is 9.59 Å². The van der Waals surface area contributed by atoms with Gasteiger partial charge in [-0.15, -0.1) is 0 Å². The third kappa shape index (κ3) is 7.22. The van der Waals surface area contributed by atoms with E-state index in [1.807, 2.05) is 0 Å². The van der Waals surface area contributed by atoms with Crippen LogP contribution in [0.3, 0.4) is 0 Å². The predicted molar refractivity (Wildman–Crippen MR) is 91.5 cm³/mol. The highest BCUT2D eigenvalue weighted by Gasteiger charge is 2.28. The normalized spacial score (nSPS) is 19.3. The maximum Gasteiger partial charge on any atom is 0.245 e. The monoisotopic (exact) mass is 326 g/mol. The molecule has 0 bridgehead atoms. The molecular weight excluding hydrogens is 296 g/mol. The van der Waals surface area contributed by atoms with E-state index in [0.29, 0.717) is 26.1 Å². The maximum atomic E-state index is 12.6. The van der Waals surface area contributed by atoms with Gasteiger partial charge in [0.2, 0.25) is 11.8 Å². The van der Waals surface area contributed by atoms with E-state index in [-0.39, 0.29) is 17.9 Å². The Morgan fingerprint density at radius 1 is 1.41 bits per heavy atom. The van der Waals surface area contributed by atoms with E-state index in [1.54, 1.807) is 12.0 Å². The first-order valence-corrected chi connectivity index (χ1v) is 11.8. The molecule has 0 saturated carbocycles. The number of carbonyl (C=O) groups is 2. The molecule has 5 nitrogen and oxygen atoms in total. The van der Waals surface area contributed by atoms with Gasteiger partial charge in [-0.1, -0.05) is 31.8 Å². The zero-order valence-corrected chi connectivity index (χ0v) is 15.4.